The number of ether oxygens (including phenoxy) is 2. The zero-order valence-electron chi connectivity index (χ0n) is 24.4. The van der Waals surface area contributed by atoms with Gasteiger partial charge in [-0.05, 0) is 66.8 Å². The second-order valence-electron chi connectivity index (χ2n) is 10.6. The van der Waals surface area contributed by atoms with E-state index in [-0.39, 0.29) is 16.5 Å². The van der Waals surface area contributed by atoms with E-state index in [0.717, 1.165) is 12.0 Å². The number of benzene rings is 3. The Morgan fingerprint density at radius 1 is 1.02 bits per heavy atom. The van der Waals surface area contributed by atoms with Gasteiger partial charge in [0.05, 0.1) is 25.3 Å². The van der Waals surface area contributed by atoms with E-state index >= 15 is 0 Å². The first-order valence-corrected chi connectivity index (χ1v) is 15.8. The average Bonchev–Trinajstić information content (AvgIpc) is 3.58. The summed E-state index contributed by atoms with van der Waals surface area (Å²) in [4.78, 5) is 28.5. The predicted molar refractivity (Wildman–Crippen MR) is 170 cm³/mol. The molecule has 43 heavy (non-hydrogen) atoms. The van der Waals surface area contributed by atoms with Crippen molar-refractivity contribution in [2.45, 2.75) is 43.3 Å². The number of aromatic nitrogens is 2. The second kappa shape index (κ2) is 13.4. The van der Waals surface area contributed by atoms with Gasteiger partial charge in [0, 0.05) is 11.3 Å². The lowest BCUT2D eigenvalue weighted by molar-refractivity contribution is -0.132. The molecule has 0 aliphatic carbocycles. The number of methoxy groups -OCH3 is 1. The van der Waals surface area contributed by atoms with Gasteiger partial charge in [0.1, 0.15) is 17.3 Å². The Balaban J connectivity index is 1.52. The number of carbonyl (C=O) groups excluding carboxylic acids is 2. The van der Waals surface area contributed by atoms with Crippen molar-refractivity contribution in [3.8, 4) is 11.5 Å². The van der Waals surface area contributed by atoms with Gasteiger partial charge < -0.3 is 14.6 Å². The number of ketones is 1. The lowest BCUT2D eigenvalue weighted by Gasteiger charge is -2.23. The molecular weight excluding hydrogens is 583 g/mol. The summed E-state index contributed by atoms with van der Waals surface area (Å²) in [5.41, 5.74) is 3.30. The average molecular weight is 616 g/mol. The van der Waals surface area contributed by atoms with Gasteiger partial charge in [0.15, 0.2) is 4.34 Å². The van der Waals surface area contributed by atoms with E-state index in [1.54, 1.807) is 37.4 Å². The predicted octanol–water partition coefficient (Wildman–Crippen LogP) is 7.20. The summed E-state index contributed by atoms with van der Waals surface area (Å²) in [5, 5.41) is 20.3. The first-order chi connectivity index (χ1) is 20.7. The number of Topliss-reactive ketones (excluding diaryl/α,β-unsaturated/α-hetero) is 1. The number of hydrogen-bond acceptors (Lipinski definition) is 9. The topological polar surface area (TPSA) is 102 Å². The van der Waals surface area contributed by atoms with Crippen LogP contribution in [0.2, 0.25) is 0 Å². The Kier molecular flexibility index (Phi) is 9.47. The molecule has 1 aliphatic heterocycles. The van der Waals surface area contributed by atoms with Gasteiger partial charge in [-0.25, -0.2) is 0 Å². The third-order valence-corrected chi connectivity index (χ3v) is 9.16. The van der Waals surface area contributed by atoms with Crippen LogP contribution in [0, 0.1) is 12.8 Å². The molecule has 0 radical (unpaired) electrons. The summed E-state index contributed by atoms with van der Waals surface area (Å²) in [7, 11) is 1.55. The highest BCUT2D eigenvalue weighted by Gasteiger charge is 2.48. The highest BCUT2D eigenvalue weighted by atomic mass is 32.2. The van der Waals surface area contributed by atoms with Gasteiger partial charge in [-0.15, -0.1) is 10.2 Å². The molecular formula is C33H33N3O5S2. The molecule has 10 heteroatoms. The maximum atomic E-state index is 13.6. The zero-order valence-corrected chi connectivity index (χ0v) is 26.1. The van der Waals surface area contributed by atoms with Gasteiger partial charge in [-0.2, -0.15) is 0 Å². The van der Waals surface area contributed by atoms with Crippen molar-refractivity contribution in [2.24, 2.45) is 5.92 Å². The van der Waals surface area contributed by atoms with Crippen molar-refractivity contribution >= 4 is 45.7 Å². The van der Waals surface area contributed by atoms with Crippen LogP contribution < -0.4 is 14.4 Å². The maximum absolute atomic E-state index is 13.6. The Bertz CT molecular complexity index is 1630. The van der Waals surface area contributed by atoms with E-state index in [9.17, 15) is 14.7 Å². The number of thioether (sulfide) groups is 1. The summed E-state index contributed by atoms with van der Waals surface area (Å²) >= 11 is 2.74. The van der Waals surface area contributed by atoms with E-state index in [2.05, 4.69) is 48.3 Å². The SMILES string of the molecule is COc1ccc(/C(O)=C2\C(=O)C(=O)N(c3nnc(SCc4ccc(C)cc4)s3)C2c2cccc(OCCC(C)C)c2)cc1. The highest BCUT2D eigenvalue weighted by molar-refractivity contribution is 8.00. The number of carbonyl (C=O) groups is 2. The minimum atomic E-state index is -0.932. The molecule has 1 amide bonds. The van der Waals surface area contributed by atoms with Gasteiger partial charge in [0.2, 0.25) is 5.13 Å². The fraction of sp³-hybridized carbons (Fsp3) is 0.273. The van der Waals surface area contributed by atoms with E-state index in [1.807, 2.05) is 25.1 Å². The Morgan fingerprint density at radius 2 is 1.77 bits per heavy atom. The van der Waals surface area contributed by atoms with Gasteiger partial charge in [0.25, 0.3) is 5.78 Å². The highest BCUT2D eigenvalue weighted by Crippen LogP contribution is 2.44. The molecule has 5 rings (SSSR count). The maximum Gasteiger partial charge on any atom is 0.301 e. The summed E-state index contributed by atoms with van der Waals surface area (Å²) in [6, 6.07) is 21.3. The molecule has 1 atom stereocenters. The largest absolute Gasteiger partial charge is 0.507 e. The van der Waals surface area contributed by atoms with E-state index < -0.39 is 17.7 Å². The van der Waals surface area contributed by atoms with Crippen LogP contribution in [0.3, 0.4) is 0 Å². The van der Waals surface area contributed by atoms with Crippen molar-refractivity contribution < 1.29 is 24.2 Å². The molecule has 0 bridgehead atoms. The quantitative estimate of drug-likeness (QED) is 0.0622. The number of rotatable bonds is 11. The Hall–Kier alpha value is -4.15. The van der Waals surface area contributed by atoms with Crippen LogP contribution in [0.25, 0.3) is 5.76 Å². The summed E-state index contributed by atoms with van der Waals surface area (Å²) in [6.07, 6.45) is 0.883. The van der Waals surface area contributed by atoms with Crippen LogP contribution in [-0.4, -0.2) is 40.7 Å². The second-order valence-corrected chi connectivity index (χ2v) is 12.8. The third kappa shape index (κ3) is 6.92. The van der Waals surface area contributed by atoms with Crippen LogP contribution >= 0.6 is 23.1 Å². The molecule has 3 aromatic carbocycles. The molecule has 0 spiro atoms. The molecule has 1 fully saturated rings. The lowest BCUT2D eigenvalue weighted by Crippen LogP contribution is -2.29. The summed E-state index contributed by atoms with van der Waals surface area (Å²) in [5.74, 6) is 0.521. The van der Waals surface area contributed by atoms with Crippen molar-refractivity contribution in [1.82, 2.24) is 10.2 Å². The van der Waals surface area contributed by atoms with E-state index in [0.29, 0.717) is 45.2 Å². The first-order valence-electron chi connectivity index (χ1n) is 13.9. The van der Waals surface area contributed by atoms with Crippen molar-refractivity contribution in [3.63, 3.8) is 0 Å². The smallest absolute Gasteiger partial charge is 0.301 e. The monoisotopic (exact) mass is 615 g/mol. The van der Waals surface area contributed by atoms with Crippen molar-refractivity contribution in [3.05, 3.63) is 101 Å². The molecule has 1 unspecified atom stereocenters. The van der Waals surface area contributed by atoms with Crippen LogP contribution in [0.15, 0.2) is 82.7 Å². The fourth-order valence-corrected chi connectivity index (χ4v) is 6.45. The normalized spacial score (nSPS) is 16.2. The first kappa shape index (κ1) is 30.3. The van der Waals surface area contributed by atoms with Gasteiger partial charge in [-0.1, -0.05) is 78.9 Å². The number of nitrogens with zero attached hydrogens (tertiary/aromatic N) is 3. The van der Waals surface area contributed by atoms with Gasteiger partial charge in [-0.3, -0.25) is 14.5 Å². The molecule has 0 saturated carbocycles. The minimum Gasteiger partial charge on any atom is -0.507 e. The Labute approximate surface area is 259 Å². The molecule has 222 valence electrons. The number of hydrogen-bond donors (Lipinski definition) is 1. The number of anilines is 1. The summed E-state index contributed by atoms with van der Waals surface area (Å²) in [6.45, 7) is 6.83. The minimum absolute atomic E-state index is 0.0291. The number of aryl methyl sites for hydroxylation is 1. The third-order valence-electron chi connectivity index (χ3n) is 7.03. The number of aliphatic hydroxyl groups excluding tert-OH is 1. The number of amides is 1. The van der Waals surface area contributed by atoms with Crippen molar-refractivity contribution in [2.75, 3.05) is 18.6 Å². The fourth-order valence-electron chi connectivity index (χ4n) is 4.62. The van der Waals surface area contributed by atoms with Crippen LogP contribution in [0.4, 0.5) is 5.13 Å². The molecule has 8 nitrogen and oxygen atoms in total. The van der Waals surface area contributed by atoms with Crippen molar-refractivity contribution in [1.29, 1.82) is 0 Å². The zero-order chi connectivity index (χ0) is 30.5. The van der Waals surface area contributed by atoms with Crippen LogP contribution in [0.5, 0.6) is 11.5 Å². The summed E-state index contributed by atoms with van der Waals surface area (Å²) < 4.78 is 11.9. The van der Waals surface area contributed by atoms with Gasteiger partial charge >= 0.3 is 5.91 Å². The lowest BCUT2D eigenvalue weighted by atomic mass is 9.95. The molecule has 1 saturated heterocycles. The number of aliphatic hydroxyl groups is 1. The molecule has 4 aromatic rings. The van der Waals surface area contributed by atoms with Crippen LogP contribution in [-0.2, 0) is 15.3 Å². The molecule has 1 aliphatic rings. The van der Waals surface area contributed by atoms with Crippen LogP contribution in [0.1, 0.15) is 48.6 Å². The molecule has 1 N–H and O–H groups in total. The Morgan fingerprint density at radius 3 is 2.47 bits per heavy atom. The van der Waals surface area contributed by atoms with E-state index in [4.69, 9.17) is 9.47 Å². The standard InChI is InChI=1S/C33H33N3O5S2/c1-20(2)16-17-41-26-7-5-6-24(18-26)28-27(29(37)23-12-14-25(40-4)15-13-23)30(38)31(39)36(28)32-34-35-33(43-32)42-19-22-10-8-21(3)9-11-22/h5-15,18,20,28,37H,16-17,19H2,1-4H3/b29-27+. The van der Waals surface area contributed by atoms with E-state index in [1.165, 1.54) is 33.6 Å². The molecule has 1 aromatic heterocycles. The molecule has 2 heterocycles.